The molecular weight excluding hydrogens is 290 g/mol. The molecule has 2 saturated carbocycles. The summed E-state index contributed by atoms with van der Waals surface area (Å²) in [7, 11) is 5.28. The maximum absolute atomic E-state index is 12.1. The number of amides is 1. The number of benzene rings is 1. The lowest BCUT2D eigenvalue weighted by Gasteiger charge is -2.23. The van der Waals surface area contributed by atoms with Gasteiger partial charge in [-0.25, -0.2) is 0 Å². The van der Waals surface area contributed by atoms with Crippen LogP contribution in [0.15, 0.2) is 18.2 Å². The molecule has 0 aliphatic heterocycles. The van der Waals surface area contributed by atoms with Crippen molar-refractivity contribution in [1.82, 2.24) is 4.90 Å². The van der Waals surface area contributed by atoms with Gasteiger partial charge >= 0.3 is 0 Å². The summed E-state index contributed by atoms with van der Waals surface area (Å²) < 4.78 is 10.8. The molecule has 1 amide bonds. The number of methoxy groups -OCH3 is 2. The first kappa shape index (κ1) is 16.2. The van der Waals surface area contributed by atoms with E-state index in [0.29, 0.717) is 17.7 Å². The van der Waals surface area contributed by atoms with Gasteiger partial charge in [-0.15, -0.1) is 0 Å². The van der Waals surface area contributed by atoms with Gasteiger partial charge in [-0.2, -0.15) is 0 Å². The van der Waals surface area contributed by atoms with Gasteiger partial charge < -0.3 is 14.4 Å². The van der Waals surface area contributed by atoms with E-state index in [1.807, 2.05) is 18.0 Å². The van der Waals surface area contributed by atoms with Crippen molar-refractivity contribution in [1.29, 1.82) is 0 Å². The van der Waals surface area contributed by atoms with Gasteiger partial charge in [-0.1, -0.05) is 6.07 Å². The molecular formula is C19H27NO3. The molecule has 2 aliphatic rings. The minimum atomic E-state index is 0.306. The number of carbonyl (C=O) groups excluding carboxylic acids is 1. The lowest BCUT2D eigenvalue weighted by Crippen LogP contribution is -2.30. The summed E-state index contributed by atoms with van der Waals surface area (Å²) in [5.41, 5.74) is 1.30. The van der Waals surface area contributed by atoms with Crippen LogP contribution >= 0.6 is 0 Å². The van der Waals surface area contributed by atoms with Crippen molar-refractivity contribution < 1.29 is 14.3 Å². The maximum atomic E-state index is 12.1. The summed E-state index contributed by atoms with van der Waals surface area (Å²) in [5, 5.41) is 0. The molecule has 1 unspecified atom stereocenters. The second kappa shape index (κ2) is 6.81. The SMILES string of the molecule is COc1ccc(C(CCN(C)C(=O)C2CC2)C2CC2)cc1OC. The largest absolute Gasteiger partial charge is 0.493 e. The van der Waals surface area contributed by atoms with Gasteiger partial charge in [-0.05, 0) is 61.6 Å². The molecule has 1 atom stereocenters. The molecule has 0 aromatic heterocycles. The highest BCUT2D eigenvalue weighted by atomic mass is 16.5. The molecule has 3 rings (SSSR count). The molecule has 1 aromatic carbocycles. The summed E-state index contributed by atoms with van der Waals surface area (Å²) in [6, 6.07) is 6.24. The molecule has 23 heavy (non-hydrogen) atoms. The van der Waals surface area contributed by atoms with Crippen LogP contribution in [0.2, 0.25) is 0 Å². The van der Waals surface area contributed by atoms with Crippen LogP contribution in [0.25, 0.3) is 0 Å². The summed E-state index contributed by atoms with van der Waals surface area (Å²) in [5.74, 6) is 3.44. The lowest BCUT2D eigenvalue weighted by atomic mass is 9.90. The number of hydrogen-bond acceptors (Lipinski definition) is 3. The number of ether oxygens (including phenoxy) is 2. The molecule has 0 spiro atoms. The summed E-state index contributed by atoms with van der Waals surface area (Å²) in [4.78, 5) is 14.0. The second-order valence-electron chi connectivity index (χ2n) is 6.88. The van der Waals surface area contributed by atoms with Crippen LogP contribution in [0.4, 0.5) is 0 Å². The average Bonchev–Trinajstić information content (AvgIpc) is 3.46. The Balaban J connectivity index is 1.67. The highest BCUT2D eigenvalue weighted by Gasteiger charge is 2.35. The summed E-state index contributed by atoms with van der Waals surface area (Å²) in [6.07, 6.45) is 5.75. The van der Waals surface area contributed by atoms with Crippen molar-refractivity contribution in [3.05, 3.63) is 23.8 Å². The average molecular weight is 317 g/mol. The van der Waals surface area contributed by atoms with E-state index >= 15 is 0 Å². The third-order valence-electron chi connectivity index (χ3n) is 5.11. The third kappa shape index (κ3) is 3.80. The van der Waals surface area contributed by atoms with Crippen molar-refractivity contribution in [3.63, 3.8) is 0 Å². The molecule has 126 valence electrons. The zero-order valence-electron chi connectivity index (χ0n) is 14.4. The number of carbonyl (C=O) groups is 1. The van der Waals surface area contributed by atoms with Gasteiger partial charge in [0.05, 0.1) is 14.2 Å². The van der Waals surface area contributed by atoms with E-state index < -0.39 is 0 Å². The Hall–Kier alpha value is -1.71. The van der Waals surface area contributed by atoms with E-state index in [1.54, 1.807) is 14.2 Å². The standard InChI is InChI=1S/C19H27NO3/c1-20(19(21)14-6-7-14)11-10-16(13-4-5-13)15-8-9-17(22-2)18(12-15)23-3/h8-9,12-14,16H,4-7,10-11H2,1-3H3. The fraction of sp³-hybridized carbons (Fsp3) is 0.632. The minimum Gasteiger partial charge on any atom is -0.493 e. The van der Waals surface area contributed by atoms with Crippen LogP contribution in [0, 0.1) is 11.8 Å². The maximum Gasteiger partial charge on any atom is 0.225 e. The van der Waals surface area contributed by atoms with E-state index in [-0.39, 0.29) is 0 Å². The molecule has 1 aromatic rings. The predicted octanol–water partition coefficient (Wildman–Crippen LogP) is 3.46. The summed E-state index contributed by atoms with van der Waals surface area (Å²) in [6.45, 7) is 0.838. The first-order valence-electron chi connectivity index (χ1n) is 8.61. The Bertz CT molecular complexity index is 564. The zero-order valence-corrected chi connectivity index (χ0v) is 14.4. The first-order valence-corrected chi connectivity index (χ1v) is 8.61. The summed E-state index contributed by atoms with van der Waals surface area (Å²) >= 11 is 0. The van der Waals surface area contributed by atoms with Crippen LogP contribution in [0.5, 0.6) is 11.5 Å². The molecule has 2 aliphatic carbocycles. The van der Waals surface area contributed by atoms with Gasteiger partial charge in [0.2, 0.25) is 5.91 Å². The minimum absolute atomic E-state index is 0.306. The molecule has 0 saturated heterocycles. The highest BCUT2D eigenvalue weighted by molar-refractivity contribution is 5.80. The monoisotopic (exact) mass is 317 g/mol. The van der Waals surface area contributed by atoms with E-state index in [4.69, 9.17) is 9.47 Å². The van der Waals surface area contributed by atoms with Gasteiger partial charge in [0, 0.05) is 19.5 Å². The quantitative estimate of drug-likeness (QED) is 0.737. The Morgan fingerprint density at radius 1 is 1.17 bits per heavy atom. The van der Waals surface area contributed by atoms with Crippen molar-refractivity contribution in [2.24, 2.45) is 11.8 Å². The fourth-order valence-corrected chi connectivity index (χ4v) is 3.34. The normalized spacial score (nSPS) is 18.4. The van der Waals surface area contributed by atoms with Crippen LogP contribution in [0.1, 0.15) is 43.6 Å². The number of nitrogens with zero attached hydrogens (tertiary/aromatic N) is 1. The Morgan fingerprint density at radius 3 is 2.43 bits per heavy atom. The topological polar surface area (TPSA) is 38.8 Å². The number of hydrogen-bond donors (Lipinski definition) is 0. The molecule has 0 radical (unpaired) electrons. The van der Waals surface area contributed by atoms with E-state index in [1.165, 1.54) is 18.4 Å². The van der Waals surface area contributed by atoms with Crippen LogP contribution < -0.4 is 9.47 Å². The first-order chi connectivity index (χ1) is 11.1. The lowest BCUT2D eigenvalue weighted by molar-refractivity contribution is -0.131. The zero-order chi connectivity index (χ0) is 16.4. The smallest absolute Gasteiger partial charge is 0.225 e. The molecule has 4 heteroatoms. The van der Waals surface area contributed by atoms with Crippen molar-refractivity contribution in [3.8, 4) is 11.5 Å². The fourth-order valence-electron chi connectivity index (χ4n) is 3.34. The Kier molecular flexibility index (Phi) is 4.79. The van der Waals surface area contributed by atoms with Gasteiger partial charge in [0.1, 0.15) is 0 Å². The van der Waals surface area contributed by atoms with Crippen molar-refractivity contribution in [2.75, 3.05) is 27.8 Å². The second-order valence-corrected chi connectivity index (χ2v) is 6.88. The molecule has 2 fully saturated rings. The molecule has 0 heterocycles. The predicted molar refractivity (Wildman–Crippen MR) is 90.0 cm³/mol. The van der Waals surface area contributed by atoms with Crippen LogP contribution in [-0.2, 0) is 4.79 Å². The Labute approximate surface area is 138 Å². The van der Waals surface area contributed by atoms with Crippen LogP contribution in [0.3, 0.4) is 0 Å². The number of rotatable bonds is 8. The van der Waals surface area contributed by atoms with Crippen molar-refractivity contribution >= 4 is 5.91 Å². The van der Waals surface area contributed by atoms with E-state index in [0.717, 1.165) is 43.2 Å². The van der Waals surface area contributed by atoms with E-state index in [2.05, 4.69) is 12.1 Å². The van der Waals surface area contributed by atoms with Crippen molar-refractivity contribution in [2.45, 2.75) is 38.0 Å². The van der Waals surface area contributed by atoms with Gasteiger partial charge in [0.25, 0.3) is 0 Å². The van der Waals surface area contributed by atoms with Gasteiger partial charge in [0.15, 0.2) is 11.5 Å². The Morgan fingerprint density at radius 2 is 1.87 bits per heavy atom. The highest BCUT2D eigenvalue weighted by Crippen LogP contribution is 2.46. The third-order valence-corrected chi connectivity index (χ3v) is 5.11. The molecule has 0 N–H and O–H groups in total. The van der Waals surface area contributed by atoms with Crippen LogP contribution in [-0.4, -0.2) is 38.6 Å². The molecule has 0 bridgehead atoms. The van der Waals surface area contributed by atoms with Gasteiger partial charge in [-0.3, -0.25) is 4.79 Å². The van der Waals surface area contributed by atoms with E-state index in [9.17, 15) is 4.79 Å². The molecule has 4 nitrogen and oxygen atoms in total.